The summed E-state index contributed by atoms with van der Waals surface area (Å²) < 4.78 is 2.04. The molecule has 13 heavy (non-hydrogen) atoms. The van der Waals surface area contributed by atoms with Crippen molar-refractivity contribution in [1.82, 2.24) is 14.9 Å². The smallest absolute Gasteiger partial charge is 0.122 e. The topological polar surface area (TPSA) is 29.9 Å². The second kappa shape index (κ2) is 6.05. The maximum Gasteiger partial charge on any atom is 0.122 e. The van der Waals surface area contributed by atoms with E-state index in [0.717, 1.165) is 18.9 Å². The summed E-state index contributed by atoms with van der Waals surface area (Å²) in [6.45, 7) is 1.95. The van der Waals surface area contributed by atoms with E-state index in [4.69, 9.17) is 0 Å². The first-order valence-electron chi connectivity index (χ1n) is 4.50. The van der Waals surface area contributed by atoms with Gasteiger partial charge in [-0.2, -0.15) is 11.8 Å². The lowest BCUT2D eigenvalue weighted by Gasteiger charge is -2.03. The van der Waals surface area contributed by atoms with Gasteiger partial charge in [0.15, 0.2) is 0 Å². The second-order valence-electron chi connectivity index (χ2n) is 2.98. The lowest BCUT2D eigenvalue weighted by molar-refractivity contribution is 0.632. The summed E-state index contributed by atoms with van der Waals surface area (Å²) in [6.07, 6.45) is 7.17. The van der Waals surface area contributed by atoms with Crippen LogP contribution in [0.5, 0.6) is 0 Å². The highest BCUT2D eigenvalue weighted by atomic mass is 32.2. The molecule has 4 heteroatoms. The summed E-state index contributed by atoms with van der Waals surface area (Å²) in [4.78, 5) is 4.23. The van der Waals surface area contributed by atoms with E-state index < -0.39 is 0 Å². The molecule has 0 unspecified atom stereocenters. The van der Waals surface area contributed by atoms with Gasteiger partial charge in [-0.05, 0) is 25.0 Å². The minimum atomic E-state index is 0.873. The summed E-state index contributed by atoms with van der Waals surface area (Å²) in [5.74, 6) is 2.33. The van der Waals surface area contributed by atoms with Crippen molar-refractivity contribution in [1.29, 1.82) is 0 Å². The molecule has 0 bridgehead atoms. The van der Waals surface area contributed by atoms with Crippen LogP contribution in [-0.4, -0.2) is 28.1 Å². The Hall–Kier alpha value is -0.480. The number of nitrogens with zero attached hydrogens (tertiary/aromatic N) is 2. The number of thioether (sulfide) groups is 1. The molecule has 0 amide bonds. The molecule has 0 fully saturated rings. The number of aromatic nitrogens is 2. The molecule has 1 heterocycles. The van der Waals surface area contributed by atoms with Crippen molar-refractivity contribution in [3.8, 4) is 0 Å². The van der Waals surface area contributed by atoms with Crippen LogP contribution < -0.4 is 5.32 Å². The second-order valence-corrected chi connectivity index (χ2v) is 3.96. The fourth-order valence-electron chi connectivity index (χ4n) is 1.11. The number of aryl methyl sites for hydroxylation is 1. The Morgan fingerprint density at radius 3 is 3.08 bits per heavy atom. The third-order valence-corrected chi connectivity index (χ3v) is 2.60. The average Bonchev–Trinajstić information content (AvgIpc) is 2.52. The Kier molecular flexibility index (Phi) is 4.93. The van der Waals surface area contributed by atoms with E-state index in [1.807, 2.05) is 35.8 Å². The first-order valence-corrected chi connectivity index (χ1v) is 5.90. The lowest BCUT2D eigenvalue weighted by atomic mass is 10.4. The van der Waals surface area contributed by atoms with Crippen LogP contribution in [0.25, 0.3) is 0 Å². The molecule has 1 rings (SSSR count). The number of hydrogen-bond acceptors (Lipinski definition) is 3. The van der Waals surface area contributed by atoms with Crippen LogP contribution >= 0.6 is 11.8 Å². The van der Waals surface area contributed by atoms with Crippen molar-refractivity contribution in [3.05, 3.63) is 18.2 Å². The summed E-state index contributed by atoms with van der Waals surface area (Å²) in [5.41, 5.74) is 0. The van der Waals surface area contributed by atoms with Crippen molar-refractivity contribution in [2.45, 2.75) is 13.0 Å². The summed E-state index contributed by atoms with van der Waals surface area (Å²) in [5, 5.41) is 3.37. The monoisotopic (exact) mass is 199 g/mol. The predicted octanol–water partition coefficient (Wildman–Crippen LogP) is 1.26. The Morgan fingerprint density at radius 2 is 2.46 bits per heavy atom. The van der Waals surface area contributed by atoms with Crippen molar-refractivity contribution in [3.63, 3.8) is 0 Å². The fraction of sp³-hybridized carbons (Fsp3) is 0.667. The molecule has 0 atom stereocenters. The van der Waals surface area contributed by atoms with E-state index >= 15 is 0 Å². The summed E-state index contributed by atoms with van der Waals surface area (Å²) >= 11 is 1.89. The maximum absolute atomic E-state index is 4.23. The molecular formula is C9H17N3S. The molecule has 74 valence electrons. The molecular weight excluding hydrogens is 182 g/mol. The molecule has 0 aliphatic carbocycles. The quantitative estimate of drug-likeness (QED) is 0.700. The molecule has 0 spiro atoms. The van der Waals surface area contributed by atoms with Gasteiger partial charge in [0.25, 0.3) is 0 Å². The normalized spacial score (nSPS) is 10.6. The largest absolute Gasteiger partial charge is 0.337 e. The molecule has 0 saturated carbocycles. The van der Waals surface area contributed by atoms with Gasteiger partial charge in [-0.3, -0.25) is 0 Å². The Bertz CT molecular complexity index is 235. The van der Waals surface area contributed by atoms with E-state index in [9.17, 15) is 0 Å². The molecule has 1 N–H and O–H groups in total. The van der Waals surface area contributed by atoms with Gasteiger partial charge in [0.1, 0.15) is 5.82 Å². The van der Waals surface area contributed by atoms with Crippen LogP contribution in [0.3, 0.4) is 0 Å². The molecule has 0 aliphatic rings. The molecule has 0 aromatic carbocycles. The van der Waals surface area contributed by atoms with Crippen molar-refractivity contribution < 1.29 is 0 Å². The first kappa shape index (κ1) is 10.6. The van der Waals surface area contributed by atoms with Gasteiger partial charge in [0.05, 0.1) is 6.54 Å². The third-order valence-electron chi connectivity index (χ3n) is 1.91. The Balaban J connectivity index is 2.10. The first-order chi connectivity index (χ1) is 6.34. The van der Waals surface area contributed by atoms with Crippen molar-refractivity contribution in [2.75, 3.05) is 18.6 Å². The van der Waals surface area contributed by atoms with Crippen LogP contribution in [0.2, 0.25) is 0 Å². The molecule has 1 aromatic heterocycles. The van der Waals surface area contributed by atoms with Gasteiger partial charge in [-0.25, -0.2) is 4.98 Å². The lowest BCUT2D eigenvalue weighted by Crippen LogP contribution is -2.17. The van der Waals surface area contributed by atoms with Crippen molar-refractivity contribution >= 4 is 11.8 Å². The molecule has 1 aromatic rings. The van der Waals surface area contributed by atoms with E-state index in [1.54, 1.807) is 0 Å². The SMILES string of the molecule is CSCCCNCc1nccn1C. The van der Waals surface area contributed by atoms with Gasteiger partial charge >= 0.3 is 0 Å². The van der Waals surface area contributed by atoms with E-state index in [1.165, 1.54) is 12.2 Å². The predicted molar refractivity (Wildman–Crippen MR) is 57.9 cm³/mol. The van der Waals surface area contributed by atoms with Gasteiger partial charge in [0, 0.05) is 19.4 Å². The van der Waals surface area contributed by atoms with Crippen molar-refractivity contribution in [2.24, 2.45) is 7.05 Å². The van der Waals surface area contributed by atoms with Gasteiger partial charge in [-0.15, -0.1) is 0 Å². The number of nitrogens with one attached hydrogen (secondary N) is 1. The summed E-state index contributed by atoms with van der Waals surface area (Å²) in [6, 6.07) is 0. The van der Waals surface area contributed by atoms with Crippen LogP contribution in [-0.2, 0) is 13.6 Å². The minimum Gasteiger partial charge on any atom is -0.337 e. The zero-order chi connectivity index (χ0) is 9.52. The highest BCUT2D eigenvalue weighted by Crippen LogP contribution is 1.95. The standard InChI is InChI=1S/C9H17N3S/c1-12-6-5-11-9(12)8-10-4-3-7-13-2/h5-6,10H,3-4,7-8H2,1-2H3. The van der Waals surface area contributed by atoms with Gasteiger partial charge < -0.3 is 9.88 Å². The van der Waals surface area contributed by atoms with E-state index in [0.29, 0.717) is 0 Å². The fourth-order valence-corrected chi connectivity index (χ4v) is 1.54. The number of rotatable bonds is 6. The van der Waals surface area contributed by atoms with Crippen LogP contribution in [0.1, 0.15) is 12.2 Å². The number of hydrogen-bond donors (Lipinski definition) is 1. The number of imidazole rings is 1. The van der Waals surface area contributed by atoms with Crippen LogP contribution in [0.4, 0.5) is 0 Å². The average molecular weight is 199 g/mol. The molecule has 0 radical (unpaired) electrons. The zero-order valence-electron chi connectivity index (χ0n) is 8.29. The minimum absolute atomic E-state index is 0.873. The summed E-state index contributed by atoms with van der Waals surface area (Å²) in [7, 11) is 2.02. The Labute approximate surface area is 83.9 Å². The zero-order valence-corrected chi connectivity index (χ0v) is 9.10. The van der Waals surface area contributed by atoms with Gasteiger partial charge in [-0.1, -0.05) is 0 Å². The third kappa shape index (κ3) is 3.83. The molecule has 3 nitrogen and oxygen atoms in total. The van der Waals surface area contributed by atoms with Crippen LogP contribution in [0.15, 0.2) is 12.4 Å². The highest BCUT2D eigenvalue weighted by molar-refractivity contribution is 7.98. The Morgan fingerprint density at radius 1 is 1.62 bits per heavy atom. The molecule has 0 saturated heterocycles. The maximum atomic E-state index is 4.23. The van der Waals surface area contributed by atoms with Crippen LogP contribution in [0, 0.1) is 0 Å². The highest BCUT2D eigenvalue weighted by Gasteiger charge is 1.96. The molecule has 0 aliphatic heterocycles. The van der Waals surface area contributed by atoms with E-state index in [-0.39, 0.29) is 0 Å². The van der Waals surface area contributed by atoms with Gasteiger partial charge in [0.2, 0.25) is 0 Å². The van der Waals surface area contributed by atoms with E-state index in [2.05, 4.69) is 16.6 Å².